The number of pyridine rings is 2. The molecular weight excluding hydrogens is 881 g/mol. The second kappa shape index (κ2) is 20.9. The van der Waals surface area contributed by atoms with Gasteiger partial charge < -0.3 is 30.3 Å². The average Bonchev–Trinajstić information content (AvgIpc) is 3.35. The largest absolute Gasteiger partial charge is 0.508 e. The minimum absolute atomic E-state index is 0.0275. The molecule has 2 aromatic heterocycles. The second-order valence-corrected chi connectivity index (χ2v) is 23.2. The minimum atomic E-state index is -3.24. The van der Waals surface area contributed by atoms with Crippen LogP contribution in [0.1, 0.15) is 154 Å². The van der Waals surface area contributed by atoms with Crippen molar-refractivity contribution in [3.05, 3.63) is 72.1 Å². The van der Waals surface area contributed by atoms with E-state index in [4.69, 9.17) is 18.6 Å². The molecule has 0 saturated heterocycles. The highest BCUT2D eigenvalue weighted by atomic mass is 32.2. The van der Waals surface area contributed by atoms with E-state index in [1.807, 2.05) is 18.2 Å². The predicted octanol–water partition coefficient (Wildman–Crippen LogP) is 10.3. The molecule has 8 saturated carbocycles. The lowest BCUT2D eigenvalue weighted by atomic mass is 9.57. The Balaban J connectivity index is 0.000000151. The number of carboxylic acids is 1. The summed E-state index contributed by atoms with van der Waals surface area (Å²) in [6.45, 7) is 5.98. The van der Waals surface area contributed by atoms with Crippen molar-refractivity contribution in [2.75, 3.05) is 13.4 Å². The summed E-state index contributed by atoms with van der Waals surface area (Å²) in [5.74, 6) is 2.14. The number of fused-ring (bicyclic) bond motifs is 8. The summed E-state index contributed by atoms with van der Waals surface area (Å²) in [4.78, 5) is 33.3. The number of aromatic hydroxyl groups is 1. The molecule has 14 heteroatoms. The molecule has 8 aliphatic rings. The molecule has 2 heterocycles. The number of ether oxygens (including phenoxy) is 2. The number of carbonyl (C=O) groups excluding carboxylic acids is 1. The van der Waals surface area contributed by atoms with Crippen LogP contribution in [0.25, 0.3) is 21.8 Å². The van der Waals surface area contributed by atoms with Crippen molar-refractivity contribution in [1.82, 2.24) is 20.6 Å². The summed E-state index contributed by atoms with van der Waals surface area (Å²) in [6.07, 6.45) is 21.2. The predicted molar refractivity (Wildman–Crippen MR) is 264 cm³/mol. The number of hydrogen-bond acceptors (Lipinski definition) is 12. The van der Waals surface area contributed by atoms with Gasteiger partial charge >= 0.3 is 11.9 Å². The Morgan fingerprint density at radius 3 is 1.56 bits per heavy atom. The van der Waals surface area contributed by atoms with Crippen LogP contribution in [0.3, 0.4) is 0 Å². The number of carbonyl (C=O) groups is 2. The molecule has 13 nitrogen and oxygen atoms in total. The molecule has 0 radical (unpaired) electrons. The van der Waals surface area contributed by atoms with Gasteiger partial charge in [-0.2, -0.15) is 8.42 Å². The third kappa shape index (κ3) is 12.1. The third-order valence-electron chi connectivity index (χ3n) is 16.8. The molecule has 0 atom stereocenters. The molecule has 370 valence electrons. The molecule has 2 aromatic carbocycles. The Labute approximate surface area is 403 Å². The summed E-state index contributed by atoms with van der Waals surface area (Å²) >= 11 is 0. The fourth-order valence-electron chi connectivity index (χ4n) is 12.0. The summed E-state index contributed by atoms with van der Waals surface area (Å²) in [5.41, 5.74) is 3.46. The molecule has 0 aliphatic heterocycles. The fourth-order valence-corrected chi connectivity index (χ4v) is 12.7. The normalized spacial score (nSPS) is 30.9. The van der Waals surface area contributed by atoms with Crippen molar-refractivity contribution in [2.45, 2.75) is 179 Å². The van der Waals surface area contributed by atoms with Crippen LogP contribution >= 0.6 is 0 Å². The number of aliphatic carboxylic acids is 1. The molecular formula is C54H74N4O9S. The van der Waals surface area contributed by atoms with Crippen LogP contribution < -0.4 is 15.4 Å². The van der Waals surface area contributed by atoms with Crippen LogP contribution in [0.4, 0.5) is 0 Å². The lowest BCUT2D eigenvalue weighted by molar-refractivity contribution is -0.160. The van der Waals surface area contributed by atoms with Gasteiger partial charge in [0.05, 0.1) is 58.8 Å². The zero-order valence-electron chi connectivity index (χ0n) is 40.7. The molecule has 0 amide bonds. The summed E-state index contributed by atoms with van der Waals surface area (Å²) < 4.78 is 37.7. The van der Waals surface area contributed by atoms with Crippen LogP contribution in [-0.4, -0.2) is 77.2 Å². The van der Waals surface area contributed by atoms with E-state index in [2.05, 4.69) is 59.8 Å². The molecule has 8 aliphatic carbocycles. The van der Waals surface area contributed by atoms with Crippen molar-refractivity contribution < 1.29 is 41.9 Å². The number of nitrogens with zero attached hydrogens (tertiary/aromatic N) is 2. The van der Waals surface area contributed by atoms with Crippen LogP contribution in [0, 0.1) is 22.7 Å². The van der Waals surface area contributed by atoms with Crippen molar-refractivity contribution >= 4 is 43.9 Å². The van der Waals surface area contributed by atoms with E-state index >= 15 is 0 Å². The highest BCUT2D eigenvalue weighted by molar-refractivity contribution is 7.86. The Morgan fingerprint density at radius 1 is 0.632 bits per heavy atom. The van der Waals surface area contributed by atoms with E-state index in [1.165, 1.54) is 20.0 Å². The monoisotopic (exact) mass is 955 g/mol. The van der Waals surface area contributed by atoms with Gasteiger partial charge in [0.25, 0.3) is 10.1 Å². The SMILES string of the molecule is CC1CCC(OS(C)(=O)=O)CC1.CC1CCC(Oc2ccc3nc(CNC45CCC(C(=O)O)(CC4)CC5)ccc3c2)CC1.COC(=O)C12CCC(NCc3ccc4cc(O)ccc4n3)(CC1)CC2. The number of phenols is 1. The maximum atomic E-state index is 12.1. The van der Waals surface area contributed by atoms with Gasteiger partial charge in [-0.1, -0.05) is 26.0 Å². The van der Waals surface area contributed by atoms with Gasteiger partial charge in [-0.25, -0.2) is 0 Å². The first-order valence-electron chi connectivity index (χ1n) is 25.3. The first-order chi connectivity index (χ1) is 32.5. The van der Waals surface area contributed by atoms with Crippen molar-refractivity contribution in [3.63, 3.8) is 0 Å². The van der Waals surface area contributed by atoms with Gasteiger partial charge in [-0.3, -0.25) is 23.7 Å². The maximum absolute atomic E-state index is 12.1. The Kier molecular flexibility index (Phi) is 15.4. The van der Waals surface area contributed by atoms with E-state index < -0.39 is 21.5 Å². The van der Waals surface area contributed by atoms with Crippen LogP contribution in [0.2, 0.25) is 0 Å². The second-order valence-electron chi connectivity index (χ2n) is 21.6. The Bertz CT molecular complexity index is 2470. The Morgan fingerprint density at radius 2 is 1.09 bits per heavy atom. The van der Waals surface area contributed by atoms with Gasteiger partial charge in [-0.05, 0) is 189 Å². The van der Waals surface area contributed by atoms with Gasteiger partial charge in [0.2, 0.25) is 0 Å². The lowest BCUT2D eigenvalue weighted by Gasteiger charge is -2.52. The Hall–Kier alpha value is -4.37. The molecule has 12 rings (SSSR count). The molecule has 0 spiro atoms. The standard InChI is InChI=1S/C26H34N2O3.C20H24N2O3.C8H16O3S/c1-18-2-6-21(7-3-18)31-22-8-9-23-19(16-22)4-5-20(28-23)17-27-26-13-10-25(11-14-26,12-15-26)24(29)30;1-25-18(24)19-6-9-20(10-7-19,11-8-19)21-13-15-3-2-14-12-16(23)4-5-17(14)22-15;1-7-3-5-8(6-4-7)11-12(2,9)10/h4-5,8-9,16,18,21,27H,2-3,6-7,10-15,17H2,1H3,(H,29,30);2-5,12,21,23H,6-11,13H2,1H3;7-8H,3-6H2,1-2H3. The molecule has 68 heavy (non-hydrogen) atoms. The number of nitrogens with one attached hydrogen (secondary N) is 2. The highest BCUT2D eigenvalue weighted by Gasteiger charge is 2.53. The molecule has 4 bridgehead atoms. The summed E-state index contributed by atoms with van der Waals surface area (Å²) in [7, 11) is -1.74. The first kappa shape index (κ1) is 50.0. The van der Waals surface area contributed by atoms with Crippen molar-refractivity contribution in [1.29, 1.82) is 0 Å². The average molecular weight is 955 g/mol. The van der Waals surface area contributed by atoms with E-state index in [-0.39, 0.29) is 34.3 Å². The van der Waals surface area contributed by atoms with Crippen LogP contribution in [0.5, 0.6) is 11.5 Å². The molecule has 4 aromatic rings. The smallest absolute Gasteiger partial charge is 0.311 e. The van der Waals surface area contributed by atoms with Gasteiger partial charge in [0.15, 0.2) is 0 Å². The van der Waals surface area contributed by atoms with E-state index in [9.17, 15) is 28.2 Å². The quantitative estimate of drug-likeness (QED) is 0.0777. The van der Waals surface area contributed by atoms with E-state index in [1.54, 1.807) is 12.1 Å². The number of esters is 1. The van der Waals surface area contributed by atoms with E-state index in [0.29, 0.717) is 6.10 Å². The number of aromatic nitrogens is 2. The number of carboxylic acid groups (broad SMARTS) is 1. The number of hydrogen-bond donors (Lipinski definition) is 4. The van der Waals surface area contributed by atoms with E-state index in [0.717, 1.165) is 186 Å². The molecule has 8 fully saturated rings. The van der Waals surface area contributed by atoms with Crippen molar-refractivity contribution in [3.8, 4) is 11.5 Å². The summed E-state index contributed by atoms with van der Waals surface area (Å²) in [5, 5.41) is 28.7. The summed E-state index contributed by atoms with van der Waals surface area (Å²) in [6, 6.07) is 19.7. The number of rotatable bonds is 12. The maximum Gasteiger partial charge on any atom is 0.311 e. The topological polar surface area (TPSA) is 186 Å². The number of benzene rings is 2. The lowest BCUT2D eigenvalue weighted by Crippen LogP contribution is -2.56. The zero-order chi connectivity index (χ0) is 48.2. The number of methoxy groups -OCH3 is 1. The molecule has 0 unspecified atom stereocenters. The first-order valence-corrected chi connectivity index (χ1v) is 27.1. The van der Waals surface area contributed by atoms with Crippen molar-refractivity contribution in [2.24, 2.45) is 22.7 Å². The highest BCUT2D eigenvalue weighted by Crippen LogP contribution is 2.54. The fraction of sp³-hybridized carbons (Fsp3) is 0.630. The number of phenolic OH excluding ortho intramolecular Hbond substituents is 1. The van der Waals surface area contributed by atoms with Gasteiger partial charge in [0.1, 0.15) is 11.5 Å². The molecule has 4 N–H and O–H groups in total. The van der Waals surface area contributed by atoms with Gasteiger partial charge in [0, 0.05) is 34.9 Å². The van der Waals surface area contributed by atoms with Crippen LogP contribution in [-0.2, 0) is 41.7 Å². The van der Waals surface area contributed by atoms with Gasteiger partial charge in [-0.15, -0.1) is 0 Å². The zero-order valence-corrected chi connectivity index (χ0v) is 41.5. The minimum Gasteiger partial charge on any atom is -0.508 e. The third-order valence-corrected chi connectivity index (χ3v) is 17.5. The van der Waals surface area contributed by atoms with Crippen LogP contribution in [0.15, 0.2) is 60.7 Å².